The minimum atomic E-state index is -0.153. The number of esters is 1. The molecule has 18 heavy (non-hydrogen) atoms. The van der Waals surface area contributed by atoms with Gasteiger partial charge in [-0.05, 0) is 33.9 Å². The van der Waals surface area contributed by atoms with Crippen LogP contribution in [0.3, 0.4) is 0 Å². The summed E-state index contributed by atoms with van der Waals surface area (Å²) in [5, 5.41) is 0. The first-order chi connectivity index (χ1) is 8.63. The van der Waals surface area contributed by atoms with Crippen molar-refractivity contribution in [3.8, 4) is 0 Å². The highest BCUT2D eigenvalue weighted by atomic mass is 16.5. The molecule has 0 spiro atoms. The van der Waals surface area contributed by atoms with Crippen LogP contribution in [0.25, 0.3) is 0 Å². The van der Waals surface area contributed by atoms with Crippen molar-refractivity contribution in [2.24, 2.45) is 0 Å². The molecule has 0 radical (unpaired) electrons. The van der Waals surface area contributed by atoms with E-state index in [0.717, 1.165) is 5.69 Å². The molecule has 100 valence electrons. The number of rotatable bonds is 6. The van der Waals surface area contributed by atoms with Gasteiger partial charge in [-0.15, -0.1) is 0 Å². The zero-order chi connectivity index (χ0) is 13.1. The molecule has 1 aliphatic carbocycles. The second kappa shape index (κ2) is 5.52. The van der Waals surface area contributed by atoms with Crippen LogP contribution in [0.5, 0.6) is 0 Å². The third kappa shape index (κ3) is 2.90. The zero-order valence-corrected chi connectivity index (χ0v) is 11.3. The molecule has 5 heteroatoms. The summed E-state index contributed by atoms with van der Waals surface area (Å²) >= 11 is 0. The summed E-state index contributed by atoms with van der Waals surface area (Å²) in [5.41, 5.74) is 1.11. The van der Waals surface area contributed by atoms with E-state index in [1.54, 1.807) is 0 Å². The van der Waals surface area contributed by atoms with Crippen molar-refractivity contribution in [2.45, 2.75) is 38.3 Å². The number of ether oxygens (including phenoxy) is 1. The number of imidazole rings is 1. The highest BCUT2D eigenvalue weighted by Crippen LogP contribution is 2.38. The molecule has 1 aromatic rings. The summed E-state index contributed by atoms with van der Waals surface area (Å²) in [6.45, 7) is 2.26. The predicted molar refractivity (Wildman–Crippen MR) is 68.2 cm³/mol. The van der Waals surface area contributed by atoms with E-state index < -0.39 is 0 Å². The van der Waals surface area contributed by atoms with Gasteiger partial charge in [-0.25, -0.2) is 4.98 Å². The van der Waals surface area contributed by atoms with E-state index in [-0.39, 0.29) is 12.0 Å². The van der Waals surface area contributed by atoms with Crippen molar-refractivity contribution in [1.82, 2.24) is 14.5 Å². The van der Waals surface area contributed by atoms with E-state index in [4.69, 9.17) is 4.74 Å². The van der Waals surface area contributed by atoms with Gasteiger partial charge < -0.3 is 14.2 Å². The Balaban J connectivity index is 2.13. The number of carbonyl (C=O) groups is 1. The number of aromatic nitrogens is 2. The fourth-order valence-corrected chi connectivity index (χ4v) is 2.16. The Kier molecular flexibility index (Phi) is 4.01. The number of hydrogen-bond acceptors (Lipinski definition) is 4. The van der Waals surface area contributed by atoms with Gasteiger partial charge in [0, 0.05) is 12.2 Å². The van der Waals surface area contributed by atoms with Crippen LogP contribution < -0.4 is 0 Å². The van der Waals surface area contributed by atoms with Gasteiger partial charge in [-0.3, -0.25) is 4.79 Å². The monoisotopic (exact) mass is 251 g/mol. The molecule has 1 fully saturated rings. The van der Waals surface area contributed by atoms with Crippen molar-refractivity contribution in [2.75, 3.05) is 20.7 Å². The van der Waals surface area contributed by atoms with Gasteiger partial charge in [-0.1, -0.05) is 0 Å². The molecular formula is C13H21N3O2. The molecule has 2 rings (SSSR count). The zero-order valence-electron chi connectivity index (χ0n) is 11.3. The second-order valence-corrected chi connectivity index (χ2v) is 4.95. The molecule has 0 aromatic carbocycles. The van der Waals surface area contributed by atoms with Gasteiger partial charge in [0.05, 0.1) is 31.1 Å². The molecule has 1 atom stereocenters. The number of carbonyl (C=O) groups excluding carboxylic acids is 1. The molecule has 0 saturated heterocycles. The van der Waals surface area contributed by atoms with E-state index in [0.29, 0.717) is 19.1 Å². The van der Waals surface area contributed by atoms with Gasteiger partial charge >= 0.3 is 5.97 Å². The van der Waals surface area contributed by atoms with Crippen LogP contribution in [0.4, 0.5) is 0 Å². The number of hydrogen-bond donors (Lipinski definition) is 0. The van der Waals surface area contributed by atoms with E-state index in [2.05, 4.69) is 9.55 Å². The van der Waals surface area contributed by atoms with Crippen LogP contribution in [0.1, 0.15) is 44.0 Å². The van der Waals surface area contributed by atoms with Crippen LogP contribution in [0.2, 0.25) is 0 Å². The maximum Gasteiger partial charge on any atom is 0.307 e. The predicted octanol–water partition coefficient (Wildman–Crippen LogP) is 1.77. The lowest BCUT2D eigenvalue weighted by atomic mass is 10.1. The first-order valence-electron chi connectivity index (χ1n) is 6.47. The van der Waals surface area contributed by atoms with Gasteiger partial charge in [-0.2, -0.15) is 0 Å². The van der Waals surface area contributed by atoms with Gasteiger partial charge in [0.25, 0.3) is 0 Å². The van der Waals surface area contributed by atoms with E-state index in [1.165, 1.54) is 12.8 Å². The van der Waals surface area contributed by atoms with Gasteiger partial charge in [0.1, 0.15) is 0 Å². The Morgan fingerprint density at radius 1 is 1.61 bits per heavy atom. The SMILES string of the molecule is CCOC(=O)CC(c1cncn1C1CC1)N(C)C. The molecular weight excluding hydrogens is 230 g/mol. The fraction of sp³-hybridized carbons (Fsp3) is 0.692. The lowest BCUT2D eigenvalue weighted by Crippen LogP contribution is -2.25. The molecule has 5 nitrogen and oxygen atoms in total. The first kappa shape index (κ1) is 13.1. The Morgan fingerprint density at radius 2 is 2.33 bits per heavy atom. The average Bonchev–Trinajstić information content (AvgIpc) is 3.05. The summed E-state index contributed by atoms with van der Waals surface area (Å²) in [7, 11) is 3.96. The maximum atomic E-state index is 11.7. The quantitative estimate of drug-likeness (QED) is 0.723. The van der Waals surface area contributed by atoms with Crippen molar-refractivity contribution in [3.05, 3.63) is 18.2 Å². The van der Waals surface area contributed by atoms with E-state index in [9.17, 15) is 4.79 Å². The minimum absolute atomic E-state index is 0.0344. The van der Waals surface area contributed by atoms with Crippen LogP contribution in [0.15, 0.2) is 12.5 Å². The maximum absolute atomic E-state index is 11.7. The van der Waals surface area contributed by atoms with Gasteiger partial charge in [0.15, 0.2) is 0 Å². The molecule has 1 unspecified atom stereocenters. The van der Waals surface area contributed by atoms with E-state index >= 15 is 0 Å². The Labute approximate surface area is 108 Å². The lowest BCUT2D eigenvalue weighted by Gasteiger charge is -2.24. The highest BCUT2D eigenvalue weighted by molar-refractivity contribution is 5.70. The minimum Gasteiger partial charge on any atom is -0.466 e. The van der Waals surface area contributed by atoms with Crippen LogP contribution in [-0.2, 0) is 9.53 Å². The fourth-order valence-electron chi connectivity index (χ4n) is 2.16. The average molecular weight is 251 g/mol. The third-order valence-electron chi connectivity index (χ3n) is 3.27. The van der Waals surface area contributed by atoms with Crippen molar-refractivity contribution in [3.63, 3.8) is 0 Å². The standard InChI is InChI=1S/C13H21N3O2/c1-4-18-13(17)7-11(15(2)3)12-8-14-9-16(12)10-5-6-10/h8-11H,4-7H2,1-3H3. The second-order valence-electron chi connectivity index (χ2n) is 4.95. The van der Waals surface area contributed by atoms with Gasteiger partial charge in [0.2, 0.25) is 0 Å². The smallest absolute Gasteiger partial charge is 0.307 e. The summed E-state index contributed by atoms with van der Waals surface area (Å²) in [6.07, 6.45) is 6.53. The molecule has 1 aromatic heterocycles. The van der Waals surface area contributed by atoms with Crippen LogP contribution in [-0.4, -0.2) is 41.1 Å². The van der Waals surface area contributed by atoms with E-state index in [1.807, 2.05) is 38.4 Å². The molecule has 1 aliphatic rings. The largest absolute Gasteiger partial charge is 0.466 e. The molecule has 0 N–H and O–H groups in total. The van der Waals surface area contributed by atoms with Crippen LogP contribution >= 0.6 is 0 Å². The highest BCUT2D eigenvalue weighted by Gasteiger charge is 2.29. The first-order valence-corrected chi connectivity index (χ1v) is 6.47. The Hall–Kier alpha value is -1.36. The molecule has 1 heterocycles. The van der Waals surface area contributed by atoms with Crippen LogP contribution in [0, 0.1) is 0 Å². The Morgan fingerprint density at radius 3 is 2.89 bits per heavy atom. The topological polar surface area (TPSA) is 47.4 Å². The molecule has 1 saturated carbocycles. The van der Waals surface area contributed by atoms with Crippen molar-refractivity contribution in [1.29, 1.82) is 0 Å². The Bertz CT molecular complexity index is 410. The molecule has 0 bridgehead atoms. The van der Waals surface area contributed by atoms with Crippen molar-refractivity contribution >= 4 is 5.97 Å². The molecule has 0 amide bonds. The van der Waals surface area contributed by atoms with Crippen molar-refractivity contribution < 1.29 is 9.53 Å². The summed E-state index contributed by atoms with van der Waals surface area (Å²) < 4.78 is 7.24. The summed E-state index contributed by atoms with van der Waals surface area (Å²) in [5.74, 6) is -0.153. The normalized spacial score (nSPS) is 16.9. The third-order valence-corrected chi connectivity index (χ3v) is 3.27. The number of nitrogens with zero attached hydrogens (tertiary/aromatic N) is 3. The molecule has 0 aliphatic heterocycles. The summed E-state index contributed by atoms with van der Waals surface area (Å²) in [4.78, 5) is 17.9. The lowest BCUT2D eigenvalue weighted by molar-refractivity contribution is -0.144. The summed E-state index contributed by atoms with van der Waals surface area (Å²) in [6, 6.07) is 0.610.